The lowest BCUT2D eigenvalue weighted by Crippen LogP contribution is -2.45. The van der Waals surface area contributed by atoms with Crippen molar-refractivity contribution in [2.24, 2.45) is 17.3 Å². The molecule has 5 nitrogen and oxygen atoms in total. The van der Waals surface area contributed by atoms with Gasteiger partial charge in [-0.25, -0.2) is 0 Å². The average molecular weight is 272 g/mol. The number of Topliss-reactive ketones (excluding diaryl/α,β-unsaturated/α-hetero) is 1. The summed E-state index contributed by atoms with van der Waals surface area (Å²) in [6.07, 6.45) is -1.14. The molecular formula is C14H24O5. The molecule has 110 valence electrons. The van der Waals surface area contributed by atoms with Crippen LogP contribution in [0, 0.1) is 17.3 Å². The third-order valence-corrected chi connectivity index (χ3v) is 3.67. The Labute approximate surface area is 113 Å². The van der Waals surface area contributed by atoms with E-state index in [-0.39, 0.29) is 11.7 Å². The van der Waals surface area contributed by atoms with Gasteiger partial charge < -0.3 is 15.3 Å². The Morgan fingerprint density at radius 2 is 1.74 bits per heavy atom. The molecule has 3 N–H and O–H groups in total. The number of carboxylic acid groups (broad SMARTS) is 1. The van der Waals surface area contributed by atoms with Crippen molar-refractivity contribution in [2.75, 3.05) is 0 Å². The maximum Gasteiger partial charge on any atom is 0.306 e. The number of hydrogen-bond acceptors (Lipinski definition) is 4. The van der Waals surface area contributed by atoms with Crippen LogP contribution in [0.5, 0.6) is 0 Å². The number of aliphatic carboxylic acids is 1. The molecule has 0 saturated carbocycles. The Hall–Kier alpha value is -1.20. The Kier molecular flexibility index (Phi) is 6.39. The first-order valence-electron chi connectivity index (χ1n) is 6.30. The van der Waals surface area contributed by atoms with Crippen molar-refractivity contribution in [3.8, 4) is 0 Å². The third kappa shape index (κ3) is 4.44. The average Bonchev–Trinajstić information content (AvgIpc) is 2.33. The third-order valence-electron chi connectivity index (χ3n) is 3.67. The molecule has 0 heterocycles. The van der Waals surface area contributed by atoms with E-state index in [2.05, 4.69) is 6.58 Å². The van der Waals surface area contributed by atoms with Gasteiger partial charge in [-0.15, -0.1) is 6.58 Å². The number of carbonyl (C=O) groups excluding carboxylic acids is 1. The highest BCUT2D eigenvalue weighted by Gasteiger charge is 2.41. The van der Waals surface area contributed by atoms with Crippen LogP contribution in [-0.2, 0) is 9.59 Å². The van der Waals surface area contributed by atoms with Gasteiger partial charge in [0.1, 0.15) is 5.78 Å². The van der Waals surface area contributed by atoms with E-state index in [0.29, 0.717) is 0 Å². The molecule has 5 heteroatoms. The number of aliphatic hydroxyl groups excluding tert-OH is 2. The van der Waals surface area contributed by atoms with Gasteiger partial charge in [0.05, 0.1) is 24.0 Å². The van der Waals surface area contributed by atoms with E-state index in [1.807, 2.05) is 0 Å². The summed E-state index contributed by atoms with van der Waals surface area (Å²) in [5.41, 5.74) is -1.22. The smallest absolute Gasteiger partial charge is 0.306 e. The summed E-state index contributed by atoms with van der Waals surface area (Å²) in [5.74, 6) is -2.48. The van der Waals surface area contributed by atoms with Crippen molar-refractivity contribution in [1.82, 2.24) is 0 Å². The fourth-order valence-corrected chi connectivity index (χ4v) is 1.92. The van der Waals surface area contributed by atoms with E-state index in [9.17, 15) is 19.8 Å². The zero-order chi connectivity index (χ0) is 15.4. The quantitative estimate of drug-likeness (QED) is 0.578. The molecular weight excluding hydrogens is 248 g/mol. The molecule has 0 bridgehead atoms. The second kappa shape index (κ2) is 6.82. The van der Waals surface area contributed by atoms with Crippen molar-refractivity contribution in [3.05, 3.63) is 12.7 Å². The normalized spacial score (nSPS) is 18.2. The Bertz CT molecular complexity index is 348. The van der Waals surface area contributed by atoms with Gasteiger partial charge in [-0.2, -0.15) is 0 Å². The van der Waals surface area contributed by atoms with Gasteiger partial charge in [-0.05, 0) is 0 Å². The summed E-state index contributed by atoms with van der Waals surface area (Å²) in [4.78, 5) is 22.9. The summed E-state index contributed by atoms with van der Waals surface area (Å²) >= 11 is 0. The second-order valence-electron chi connectivity index (χ2n) is 5.57. The minimum atomic E-state index is -1.29. The minimum Gasteiger partial charge on any atom is -0.481 e. The minimum absolute atomic E-state index is 0.258. The fourth-order valence-electron chi connectivity index (χ4n) is 1.92. The van der Waals surface area contributed by atoms with Crippen molar-refractivity contribution < 1.29 is 24.9 Å². The molecule has 0 aliphatic heterocycles. The van der Waals surface area contributed by atoms with Crippen LogP contribution in [0.1, 0.15) is 34.1 Å². The second-order valence-corrected chi connectivity index (χ2v) is 5.57. The van der Waals surface area contributed by atoms with Crippen molar-refractivity contribution in [1.29, 1.82) is 0 Å². The van der Waals surface area contributed by atoms with E-state index >= 15 is 0 Å². The summed E-state index contributed by atoms with van der Waals surface area (Å²) in [6, 6.07) is 0. The first-order valence-corrected chi connectivity index (χ1v) is 6.30. The van der Waals surface area contributed by atoms with Crippen LogP contribution in [0.25, 0.3) is 0 Å². The summed E-state index contributed by atoms with van der Waals surface area (Å²) in [6.45, 7) is 9.85. The largest absolute Gasteiger partial charge is 0.481 e. The van der Waals surface area contributed by atoms with Crippen LogP contribution in [-0.4, -0.2) is 39.3 Å². The molecule has 0 amide bonds. The standard InChI is InChI=1S/C14H24O5/c1-6-8(2)12(18)9(3)13(19)14(4,5)10(15)7-11(16)17/h6,8-10,12,15,18H,1,7H2,2-5H3,(H,16,17). The number of hydrogen-bond donors (Lipinski definition) is 3. The molecule has 0 spiro atoms. The van der Waals surface area contributed by atoms with Crippen molar-refractivity contribution in [3.63, 3.8) is 0 Å². The lowest BCUT2D eigenvalue weighted by Gasteiger charge is -2.33. The van der Waals surface area contributed by atoms with E-state index in [0.717, 1.165) is 0 Å². The number of rotatable bonds is 8. The summed E-state index contributed by atoms with van der Waals surface area (Å²) < 4.78 is 0. The molecule has 19 heavy (non-hydrogen) atoms. The number of carbonyl (C=O) groups is 2. The fraction of sp³-hybridized carbons (Fsp3) is 0.714. The zero-order valence-electron chi connectivity index (χ0n) is 12.0. The highest BCUT2D eigenvalue weighted by atomic mass is 16.4. The molecule has 4 atom stereocenters. The molecule has 0 saturated heterocycles. The first kappa shape index (κ1) is 17.8. The lowest BCUT2D eigenvalue weighted by atomic mass is 9.73. The number of carboxylic acids is 1. The van der Waals surface area contributed by atoms with Crippen molar-refractivity contribution in [2.45, 2.75) is 46.3 Å². The van der Waals surface area contributed by atoms with Crippen LogP contribution in [0.2, 0.25) is 0 Å². The van der Waals surface area contributed by atoms with Gasteiger partial charge in [-0.3, -0.25) is 9.59 Å². The van der Waals surface area contributed by atoms with E-state index in [1.54, 1.807) is 19.9 Å². The Morgan fingerprint density at radius 1 is 1.26 bits per heavy atom. The van der Waals surface area contributed by atoms with Crippen LogP contribution in [0.3, 0.4) is 0 Å². The summed E-state index contributed by atoms with van der Waals surface area (Å²) in [5, 5.41) is 28.5. The number of aliphatic hydroxyl groups is 2. The molecule has 0 fully saturated rings. The van der Waals surface area contributed by atoms with E-state index < -0.39 is 35.9 Å². The highest BCUT2D eigenvalue weighted by molar-refractivity contribution is 5.87. The molecule has 0 radical (unpaired) electrons. The van der Waals surface area contributed by atoms with Gasteiger partial charge >= 0.3 is 5.97 Å². The van der Waals surface area contributed by atoms with Crippen LogP contribution >= 0.6 is 0 Å². The zero-order valence-corrected chi connectivity index (χ0v) is 12.0. The van der Waals surface area contributed by atoms with Crippen LogP contribution in [0.4, 0.5) is 0 Å². The topological polar surface area (TPSA) is 94.8 Å². The maximum absolute atomic E-state index is 12.3. The SMILES string of the molecule is C=CC(C)C(O)C(C)C(=O)C(C)(C)C(O)CC(=O)O. The molecule has 0 aromatic heterocycles. The molecule has 0 aliphatic carbocycles. The van der Waals surface area contributed by atoms with Gasteiger partial charge in [0.25, 0.3) is 0 Å². The van der Waals surface area contributed by atoms with Gasteiger partial charge in [0, 0.05) is 11.8 Å². The van der Waals surface area contributed by atoms with Gasteiger partial charge in [0.15, 0.2) is 0 Å². The lowest BCUT2D eigenvalue weighted by molar-refractivity contribution is -0.147. The monoisotopic (exact) mass is 272 g/mol. The maximum atomic E-state index is 12.3. The predicted molar refractivity (Wildman–Crippen MR) is 71.6 cm³/mol. The van der Waals surface area contributed by atoms with Crippen LogP contribution in [0.15, 0.2) is 12.7 Å². The first-order chi connectivity index (χ1) is 8.55. The molecule has 0 aromatic rings. The van der Waals surface area contributed by atoms with Crippen molar-refractivity contribution >= 4 is 11.8 Å². The van der Waals surface area contributed by atoms with Gasteiger partial charge in [-0.1, -0.05) is 33.8 Å². The molecule has 4 unspecified atom stereocenters. The number of ketones is 1. The summed E-state index contributed by atoms with van der Waals surface area (Å²) in [7, 11) is 0. The van der Waals surface area contributed by atoms with E-state index in [4.69, 9.17) is 5.11 Å². The Balaban J connectivity index is 4.96. The molecule has 0 aromatic carbocycles. The van der Waals surface area contributed by atoms with Crippen LogP contribution < -0.4 is 0 Å². The predicted octanol–water partition coefficient (Wildman–Crippen LogP) is 1.24. The van der Waals surface area contributed by atoms with Gasteiger partial charge in [0.2, 0.25) is 0 Å². The highest BCUT2D eigenvalue weighted by Crippen LogP contribution is 2.30. The van der Waals surface area contributed by atoms with E-state index in [1.165, 1.54) is 13.8 Å². The molecule has 0 rings (SSSR count). The molecule has 0 aliphatic rings. The Morgan fingerprint density at radius 3 is 2.11 bits per heavy atom.